The molecule has 4 bridgehead atoms. The number of benzene rings is 1. The first kappa shape index (κ1) is 46.1. The van der Waals surface area contributed by atoms with Crippen LogP contribution in [0.15, 0.2) is 41.0 Å². The zero-order valence-electron chi connectivity index (χ0n) is 37.3. The number of esters is 1. The average Bonchev–Trinajstić information content (AvgIpc) is 3.38. The van der Waals surface area contributed by atoms with Crippen molar-refractivity contribution < 1.29 is 63.2 Å². The van der Waals surface area contributed by atoms with Gasteiger partial charge in [0, 0.05) is 35.3 Å². The summed E-state index contributed by atoms with van der Waals surface area (Å²) in [5, 5.41) is 63.9. The molecule has 4 N–H and O–H groups in total. The van der Waals surface area contributed by atoms with E-state index in [2.05, 4.69) is 18.2 Å². The first-order valence-electron chi connectivity index (χ1n) is 21.5. The second-order valence-corrected chi connectivity index (χ2v) is 19.0. The fraction of sp³-hybridized carbons (Fsp3) is 0.604. The fourth-order valence-corrected chi connectivity index (χ4v) is 11.0. The molecule has 2 saturated heterocycles. The molecule has 0 radical (unpaired) electrons. The normalized spacial score (nSPS) is 35.6. The van der Waals surface area contributed by atoms with Crippen LogP contribution in [-0.2, 0) is 30.2 Å². The average molecular weight is 871 g/mol. The summed E-state index contributed by atoms with van der Waals surface area (Å²) in [4.78, 5) is 44.2. The molecule has 3 saturated carbocycles. The van der Waals surface area contributed by atoms with Crippen molar-refractivity contribution in [2.75, 3.05) is 13.7 Å². The number of carbonyl (C=O) groups excluding carboxylic acids is 3. The van der Waals surface area contributed by atoms with Crippen LogP contribution in [0.2, 0.25) is 0 Å². The summed E-state index contributed by atoms with van der Waals surface area (Å²) < 4.78 is 38.8. The number of hydrogen-bond donors (Lipinski definition) is 4. The summed E-state index contributed by atoms with van der Waals surface area (Å²) in [7, 11) is 1.24. The van der Waals surface area contributed by atoms with Crippen LogP contribution >= 0.6 is 0 Å². The molecule has 4 heterocycles. The second kappa shape index (κ2) is 16.6. The molecule has 15 nitrogen and oxygen atoms in total. The third kappa shape index (κ3) is 7.12. The monoisotopic (exact) mass is 870 g/mol. The Morgan fingerprint density at radius 1 is 0.968 bits per heavy atom. The highest BCUT2D eigenvalue weighted by Gasteiger charge is 2.86. The number of aliphatic hydroxyl groups is 4. The Balaban J connectivity index is 1.56. The van der Waals surface area contributed by atoms with E-state index in [1.807, 2.05) is 60.6 Å². The standard InChI is InChI=1S/C48H58N2O13/c1-23(2)11-10-16-46(8)17-15-28-39(61-46)27(13-12-24(3)4)41-33(40(28)60-44-38(55)37(54)35(52)30(22-51)59-44)36(53)34-32(26(20-49)21-50)29-19-31-45(6,7)63-47(42(29)56,48(31,34)62-41)18-14-25(5)43(57)58-9/h11-12,14-15,17,26,29-32,34-35,37-38,44,51-52,54-55H,10,13,16,18-19,22H2,1-9H3/b25-14-/t29?,30-,31?,32?,34?,35-,37+,38-,44+,46?,47?,48?/m1/s1. The smallest absolute Gasteiger partial charge is 0.333 e. The van der Waals surface area contributed by atoms with Gasteiger partial charge in [0.15, 0.2) is 22.8 Å². The third-order valence-electron chi connectivity index (χ3n) is 14.0. The fourth-order valence-electron chi connectivity index (χ4n) is 11.0. The van der Waals surface area contributed by atoms with Crippen LogP contribution in [0.5, 0.6) is 17.2 Å². The number of aliphatic hydroxyl groups excluding tert-OH is 4. The molecule has 1 aromatic rings. The van der Waals surface area contributed by atoms with Crippen molar-refractivity contribution in [3.8, 4) is 29.4 Å². The molecule has 12 atom stereocenters. The molecule has 7 aliphatic rings. The maximum absolute atomic E-state index is 16.2. The predicted molar refractivity (Wildman–Crippen MR) is 225 cm³/mol. The summed E-state index contributed by atoms with van der Waals surface area (Å²) in [6.07, 6.45) is 1.98. The summed E-state index contributed by atoms with van der Waals surface area (Å²) >= 11 is 0. The van der Waals surface area contributed by atoms with Gasteiger partial charge in [-0.1, -0.05) is 29.4 Å². The SMILES string of the molecule is COC(=O)/C(C)=C\CC12OC(C)(C)C3CC(C1=O)C(C(C#N)C#N)C1C(=O)c4c(O[C@@H]5O[C@H](CO)[C@@H](O)[C@H](O)[C@H]5O)c5c(c(CC=C(C)C)c4OC132)OC(C)(CCC=C(C)C)C=C5. The Hall–Kier alpha value is -4.87. The van der Waals surface area contributed by atoms with E-state index in [0.29, 0.717) is 18.4 Å². The Morgan fingerprint density at radius 2 is 1.65 bits per heavy atom. The number of fused-ring (bicyclic) bond motifs is 2. The number of nitriles is 2. The Morgan fingerprint density at radius 3 is 2.27 bits per heavy atom. The maximum Gasteiger partial charge on any atom is 0.333 e. The number of Topliss-reactive ketones (excluding diaryl/α,β-unsaturated/α-hetero) is 2. The molecule has 7 unspecified atom stereocenters. The van der Waals surface area contributed by atoms with Crippen molar-refractivity contribution in [1.82, 2.24) is 0 Å². The number of rotatable bonds is 12. The Kier molecular flexibility index (Phi) is 12.2. The van der Waals surface area contributed by atoms with Crippen LogP contribution in [0, 0.1) is 52.3 Å². The van der Waals surface area contributed by atoms with Gasteiger partial charge in [-0.15, -0.1) is 0 Å². The summed E-state index contributed by atoms with van der Waals surface area (Å²) in [6, 6.07) is 4.11. The van der Waals surface area contributed by atoms with Crippen LogP contribution < -0.4 is 14.2 Å². The minimum absolute atomic E-state index is 0.00394. The number of allylic oxidation sites excluding steroid dienone is 4. The van der Waals surface area contributed by atoms with E-state index in [9.17, 15) is 35.7 Å². The number of carbonyl (C=O) groups is 3. The van der Waals surface area contributed by atoms with Crippen molar-refractivity contribution in [3.63, 3.8) is 0 Å². The molecular weight excluding hydrogens is 813 g/mol. The number of methoxy groups -OCH3 is 1. The Labute approximate surface area is 367 Å². The topological polar surface area (TPSA) is 235 Å². The van der Waals surface area contributed by atoms with Crippen molar-refractivity contribution in [2.24, 2.45) is 29.6 Å². The van der Waals surface area contributed by atoms with Crippen molar-refractivity contribution >= 4 is 23.6 Å². The summed E-state index contributed by atoms with van der Waals surface area (Å²) in [6.45, 7) is 14.2. The van der Waals surface area contributed by atoms with Gasteiger partial charge < -0.3 is 48.8 Å². The highest BCUT2D eigenvalue weighted by atomic mass is 16.7. The van der Waals surface area contributed by atoms with E-state index in [-0.39, 0.29) is 53.2 Å². The van der Waals surface area contributed by atoms with E-state index < -0.39 is 107 Å². The molecule has 0 amide bonds. The van der Waals surface area contributed by atoms with E-state index >= 15 is 9.59 Å². The van der Waals surface area contributed by atoms with Gasteiger partial charge in [-0.25, -0.2) is 4.79 Å². The molecule has 0 aromatic heterocycles. The lowest BCUT2D eigenvalue weighted by atomic mass is 9.42. The van der Waals surface area contributed by atoms with Crippen LogP contribution in [0.25, 0.3) is 6.08 Å². The lowest BCUT2D eigenvalue weighted by molar-refractivity contribution is -0.277. The van der Waals surface area contributed by atoms with Gasteiger partial charge in [0.2, 0.25) is 6.29 Å². The quantitative estimate of drug-likeness (QED) is 0.126. The third-order valence-corrected chi connectivity index (χ3v) is 14.0. The van der Waals surface area contributed by atoms with E-state index in [1.54, 1.807) is 13.0 Å². The zero-order chi connectivity index (χ0) is 46.1. The molecule has 63 heavy (non-hydrogen) atoms. The van der Waals surface area contributed by atoms with E-state index in [0.717, 1.165) is 11.1 Å². The van der Waals surface area contributed by atoms with Gasteiger partial charge in [0.05, 0.1) is 42.9 Å². The number of hydrogen-bond acceptors (Lipinski definition) is 15. The number of nitrogens with zero attached hydrogens (tertiary/aromatic N) is 2. The minimum atomic E-state index is -1.90. The number of ether oxygens (including phenoxy) is 6. The lowest BCUT2D eigenvalue weighted by Gasteiger charge is -2.63. The van der Waals surface area contributed by atoms with Gasteiger partial charge in [0.25, 0.3) is 0 Å². The molecule has 5 fully saturated rings. The minimum Gasteiger partial charge on any atom is -0.482 e. The largest absolute Gasteiger partial charge is 0.482 e. The molecule has 1 aromatic carbocycles. The van der Waals surface area contributed by atoms with Gasteiger partial charge in [-0.05, 0) is 93.2 Å². The van der Waals surface area contributed by atoms with Crippen molar-refractivity contribution in [1.29, 1.82) is 10.5 Å². The van der Waals surface area contributed by atoms with Gasteiger partial charge >= 0.3 is 5.97 Å². The predicted octanol–water partition coefficient (Wildman–Crippen LogP) is 4.77. The van der Waals surface area contributed by atoms with Crippen LogP contribution in [0.3, 0.4) is 0 Å². The van der Waals surface area contributed by atoms with Gasteiger partial charge in [-0.3, -0.25) is 9.59 Å². The van der Waals surface area contributed by atoms with Crippen LogP contribution in [0.4, 0.5) is 0 Å². The molecule has 4 aliphatic heterocycles. The highest BCUT2D eigenvalue weighted by molar-refractivity contribution is 6.10. The molecule has 8 rings (SSSR count). The van der Waals surface area contributed by atoms with Gasteiger partial charge in [-0.2, -0.15) is 10.5 Å². The van der Waals surface area contributed by atoms with Crippen LogP contribution in [-0.4, -0.2) is 105 Å². The second-order valence-electron chi connectivity index (χ2n) is 19.0. The molecule has 1 spiro atoms. The first-order valence-corrected chi connectivity index (χ1v) is 21.5. The Bertz CT molecular complexity index is 2280. The van der Waals surface area contributed by atoms with Crippen LogP contribution in [0.1, 0.15) is 103 Å². The number of ketones is 2. The van der Waals surface area contributed by atoms with E-state index in [4.69, 9.17) is 28.4 Å². The highest BCUT2D eigenvalue weighted by Crippen LogP contribution is 2.72. The zero-order valence-corrected chi connectivity index (χ0v) is 37.3. The molecular formula is C48H58N2O13. The molecule has 3 aliphatic carbocycles. The van der Waals surface area contributed by atoms with Gasteiger partial charge in [0.1, 0.15) is 58.7 Å². The van der Waals surface area contributed by atoms with Crippen molar-refractivity contribution in [2.45, 2.75) is 141 Å². The van der Waals surface area contributed by atoms with Crippen molar-refractivity contribution in [3.05, 3.63) is 57.7 Å². The summed E-state index contributed by atoms with van der Waals surface area (Å²) in [5.41, 5.74) is -2.94. The summed E-state index contributed by atoms with van der Waals surface area (Å²) in [5.74, 6) is -7.23. The molecule has 15 heteroatoms. The molecule has 338 valence electrons. The lowest BCUT2D eigenvalue weighted by Crippen LogP contribution is -2.79. The first-order chi connectivity index (χ1) is 29.7. The maximum atomic E-state index is 16.2. The van der Waals surface area contributed by atoms with E-state index in [1.165, 1.54) is 13.2 Å².